The zero-order valence-corrected chi connectivity index (χ0v) is 8.93. The van der Waals surface area contributed by atoms with Crippen LogP contribution in [-0.2, 0) is 4.79 Å². The summed E-state index contributed by atoms with van der Waals surface area (Å²) >= 11 is 0. The van der Waals surface area contributed by atoms with E-state index in [0.717, 1.165) is 25.7 Å². The number of carboxylic acid groups (broad SMARTS) is 1. The number of piperazine rings is 1. The lowest BCUT2D eigenvalue weighted by atomic mass is 10.2. The van der Waals surface area contributed by atoms with Crippen molar-refractivity contribution < 1.29 is 14.7 Å². The van der Waals surface area contributed by atoms with E-state index in [1.807, 2.05) is 4.90 Å². The van der Waals surface area contributed by atoms with Gasteiger partial charge in [-0.2, -0.15) is 0 Å². The Labute approximate surface area is 93.5 Å². The number of amides is 2. The van der Waals surface area contributed by atoms with Crippen molar-refractivity contribution in [1.29, 1.82) is 0 Å². The van der Waals surface area contributed by atoms with Crippen LogP contribution in [0.4, 0.5) is 4.79 Å². The SMILES string of the molecule is O=C(O)C=CCN1CCN2C(=O)NCC2C1. The average molecular weight is 225 g/mol. The predicted molar refractivity (Wildman–Crippen MR) is 57.1 cm³/mol. The number of nitrogens with zero attached hydrogens (tertiary/aromatic N) is 2. The van der Waals surface area contributed by atoms with E-state index in [4.69, 9.17) is 5.11 Å². The second-order valence-electron chi connectivity index (χ2n) is 4.03. The van der Waals surface area contributed by atoms with Gasteiger partial charge >= 0.3 is 12.0 Å². The van der Waals surface area contributed by atoms with Gasteiger partial charge in [0.2, 0.25) is 0 Å². The van der Waals surface area contributed by atoms with E-state index in [2.05, 4.69) is 10.2 Å². The highest BCUT2D eigenvalue weighted by atomic mass is 16.4. The number of hydrogen-bond acceptors (Lipinski definition) is 3. The van der Waals surface area contributed by atoms with E-state index in [1.54, 1.807) is 6.08 Å². The second-order valence-corrected chi connectivity index (χ2v) is 4.03. The highest BCUT2D eigenvalue weighted by molar-refractivity contribution is 5.79. The van der Waals surface area contributed by atoms with Crippen LogP contribution in [0.2, 0.25) is 0 Å². The van der Waals surface area contributed by atoms with E-state index in [-0.39, 0.29) is 12.1 Å². The summed E-state index contributed by atoms with van der Waals surface area (Å²) in [4.78, 5) is 25.6. The van der Waals surface area contributed by atoms with Gasteiger partial charge in [0.15, 0.2) is 0 Å². The summed E-state index contributed by atoms with van der Waals surface area (Å²) in [6.07, 6.45) is 2.80. The van der Waals surface area contributed by atoms with Crippen molar-refractivity contribution >= 4 is 12.0 Å². The van der Waals surface area contributed by atoms with Crippen molar-refractivity contribution in [1.82, 2.24) is 15.1 Å². The molecule has 2 aliphatic rings. The molecule has 2 rings (SSSR count). The Morgan fingerprint density at radius 1 is 1.56 bits per heavy atom. The monoisotopic (exact) mass is 225 g/mol. The van der Waals surface area contributed by atoms with Crippen molar-refractivity contribution in [2.75, 3.05) is 32.7 Å². The molecule has 1 atom stereocenters. The normalized spacial score (nSPS) is 25.9. The molecule has 2 amide bonds. The minimum Gasteiger partial charge on any atom is -0.478 e. The summed E-state index contributed by atoms with van der Waals surface area (Å²) in [7, 11) is 0. The molecule has 0 saturated carbocycles. The van der Waals surface area contributed by atoms with Gasteiger partial charge in [0.1, 0.15) is 0 Å². The van der Waals surface area contributed by atoms with Gasteiger partial charge in [-0.1, -0.05) is 6.08 Å². The van der Waals surface area contributed by atoms with Crippen LogP contribution in [-0.4, -0.2) is 65.7 Å². The molecule has 2 N–H and O–H groups in total. The molecule has 0 spiro atoms. The quantitative estimate of drug-likeness (QED) is 0.625. The summed E-state index contributed by atoms with van der Waals surface area (Å²) in [5.74, 6) is -0.920. The maximum absolute atomic E-state index is 11.3. The molecule has 0 aromatic heterocycles. The number of carbonyl (C=O) groups excluding carboxylic acids is 1. The molecule has 2 heterocycles. The maximum Gasteiger partial charge on any atom is 0.328 e. The Balaban J connectivity index is 1.83. The Bertz CT molecular complexity index is 329. The fourth-order valence-electron chi connectivity index (χ4n) is 2.14. The van der Waals surface area contributed by atoms with E-state index in [1.165, 1.54) is 0 Å². The first kappa shape index (κ1) is 10.9. The first-order chi connectivity index (χ1) is 7.66. The number of fused-ring (bicyclic) bond motifs is 1. The number of nitrogens with one attached hydrogen (secondary N) is 1. The summed E-state index contributed by atoms with van der Waals surface area (Å²) < 4.78 is 0. The number of carbonyl (C=O) groups is 2. The number of rotatable bonds is 3. The Morgan fingerprint density at radius 2 is 2.38 bits per heavy atom. The van der Waals surface area contributed by atoms with Crippen molar-refractivity contribution in [3.05, 3.63) is 12.2 Å². The van der Waals surface area contributed by atoms with Crippen molar-refractivity contribution in [3.63, 3.8) is 0 Å². The highest BCUT2D eigenvalue weighted by Crippen LogP contribution is 2.13. The number of hydrogen-bond donors (Lipinski definition) is 2. The third-order valence-corrected chi connectivity index (χ3v) is 2.94. The van der Waals surface area contributed by atoms with E-state index in [0.29, 0.717) is 13.1 Å². The minimum atomic E-state index is -0.920. The fourth-order valence-corrected chi connectivity index (χ4v) is 2.14. The molecule has 0 radical (unpaired) electrons. The van der Waals surface area contributed by atoms with E-state index in [9.17, 15) is 9.59 Å². The fraction of sp³-hybridized carbons (Fsp3) is 0.600. The molecular formula is C10H15N3O3. The lowest BCUT2D eigenvalue weighted by Gasteiger charge is -2.35. The van der Waals surface area contributed by atoms with Gasteiger partial charge in [0, 0.05) is 38.8 Å². The molecule has 6 nitrogen and oxygen atoms in total. The van der Waals surface area contributed by atoms with Crippen LogP contribution in [0, 0.1) is 0 Å². The van der Waals surface area contributed by atoms with Crippen LogP contribution in [0.15, 0.2) is 12.2 Å². The summed E-state index contributed by atoms with van der Waals surface area (Å²) in [6.45, 7) is 3.65. The topological polar surface area (TPSA) is 72.9 Å². The molecule has 0 aromatic rings. The van der Waals surface area contributed by atoms with Gasteiger partial charge < -0.3 is 15.3 Å². The molecule has 0 aliphatic carbocycles. The van der Waals surface area contributed by atoms with Crippen LogP contribution < -0.4 is 5.32 Å². The van der Waals surface area contributed by atoms with E-state index >= 15 is 0 Å². The highest BCUT2D eigenvalue weighted by Gasteiger charge is 2.34. The molecule has 0 aromatic carbocycles. The average Bonchev–Trinajstić information content (AvgIpc) is 2.60. The number of carboxylic acids is 1. The van der Waals surface area contributed by atoms with Crippen molar-refractivity contribution in [2.24, 2.45) is 0 Å². The van der Waals surface area contributed by atoms with Crippen LogP contribution >= 0.6 is 0 Å². The lowest BCUT2D eigenvalue weighted by molar-refractivity contribution is -0.131. The van der Waals surface area contributed by atoms with Gasteiger partial charge in [-0.25, -0.2) is 9.59 Å². The molecule has 2 saturated heterocycles. The predicted octanol–water partition coefficient (Wildman–Crippen LogP) is -0.663. The Morgan fingerprint density at radius 3 is 3.12 bits per heavy atom. The van der Waals surface area contributed by atoms with Crippen LogP contribution in [0.3, 0.4) is 0 Å². The summed E-state index contributed by atoms with van der Waals surface area (Å²) in [5.41, 5.74) is 0. The largest absolute Gasteiger partial charge is 0.478 e. The Kier molecular flexibility index (Phi) is 3.09. The molecular weight excluding hydrogens is 210 g/mol. The van der Waals surface area contributed by atoms with Crippen molar-refractivity contribution in [2.45, 2.75) is 6.04 Å². The van der Waals surface area contributed by atoms with Crippen molar-refractivity contribution in [3.8, 4) is 0 Å². The molecule has 2 aliphatic heterocycles. The second kappa shape index (κ2) is 4.52. The third-order valence-electron chi connectivity index (χ3n) is 2.94. The zero-order valence-electron chi connectivity index (χ0n) is 8.93. The molecule has 1 unspecified atom stereocenters. The van der Waals surface area contributed by atoms with Gasteiger partial charge in [0.25, 0.3) is 0 Å². The molecule has 6 heteroatoms. The molecule has 2 fully saturated rings. The first-order valence-corrected chi connectivity index (χ1v) is 5.33. The standard InChI is InChI=1S/C10H15N3O3/c14-9(15)2-1-3-12-4-5-13-8(7-12)6-11-10(13)16/h1-2,8H,3-7H2,(H,11,16)(H,14,15). The zero-order chi connectivity index (χ0) is 11.5. The number of aliphatic carboxylic acids is 1. The smallest absolute Gasteiger partial charge is 0.328 e. The third kappa shape index (κ3) is 2.33. The Hall–Kier alpha value is -1.56. The van der Waals surface area contributed by atoms with Crippen LogP contribution in [0.5, 0.6) is 0 Å². The van der Waals surface area contributed by atoms with Crippen LogP contribution in [0.25, 0.3) is 0 Å². The minimum absolute atomic E-state index is 0.0192. The molecule has 16 heavy (non-hydrogen) atoms. The van der Waals surface area contributed by atoms with Gasteiger partial charge in [-0.3, -0.25) is 4.90 Å². The summed E-state index contributed by atoms with van der Waals surface area (Å²) in [6, 6.07) is 0.255. The van der Waals surface area contributed by atoms with Gasteiger partial charge in [-0.15, -0.1) is 0 Å². The number of urea groups is 1. The van der Waals surface area contributed by atoms with Crippen LogP contribution in [0.1, 0.15) is 0 Å². The maximum atomic E-state index is 11.3. The molecule has 88 valence electrons. The van der Waals surface area contributed by atoms with Gasteiger partial charge in [0.05, 0.1) is 6.04 Å². The van der Waals surface area contributed by atoms with E-state index < -0.39 is 5.97 Å². The van der Waals surface area contributed by atoms with Gasteiger partial charge in [-0.05, 0) is 0 Å². The lowest BCUT2D eigenvalue weighted by Crippen LogP contribution is -2.51. The molecule has 0 bridgehead atoms. The summed E-state index contributed by atoms with van der Waals surface area (Å²) in [5, 5.41) is 11.3. The first-order valence-electron chi connectivity index (χ1n) is 5.33.